The standard InChI is InChI=1S/C15H17BrO4/c1-8(6-16)4-5-10-13(17)12-11(7-20-15(12)18)9(2)14(10)19-3/h4,17H,5-7H2,1-3H3/b8-4+. The third-order valence-electron chi connectivity index (χ3n) is 3.51. The summed E-state index contributed by atoms with van der Waals surface area (Å²) in [6.45, 7) is 4.07. The molecule has 1 N–H and O–H groups in total. The van der Waals surface area contributed by atoms with E-state index < -0.39 is 5.97 Å². The molecule has 1 heterocycles. The van der Waals surface area contributed by atoms with Crippen LogP contribution >= 0.6 is 15.9 Å². The fourth-order valence-electron chi connectivity index (χ4n) is 2.36. The van der Waals surface area contributed by atoms with Crippen molar-refractivity contribution in [2.24, 2.45) is 0 Å². The lowest BCUT2D eigenvalue weighted by atomic mass is 9.95. The van der Waals surface area contributed by atoms with Gasteiger partial charge in [-0.2, -0.15) is 0 Å². The summed E-state index contributed by atoms with van der Waals surface area (Å²) in [6.07, 6.45) is 2.51. The molecule has 108 valence electrons. The minimum atomic E-state index is -0.467. The van der Waals surface area contributed by atoms with Gasteiger partial charge in [0.1, 0.15) is 23.7 Å². The second-order valence-corrected chi connectivity index (χ2v) is 5.36. The Morgan fingerprint density at radius 1 is 1.55 bits per heavy atom. The van der Waals surface area contributed by atoms with E-state index in [0.29, 0.717) is 23.3 Å². The van der Waals surface area contributed by atoms with Gasteiger partial charge in [-0.3, -0.25) is 0 Å². The van der Waals surface area contributed by atoms with Gasteiger partial charge in [0.25, 0.3) is 0 Å². The Labute approximate surface area is 126 Å². The van der Waals surface area contributed by atoms with Crippen LogP contribution in [0.2, 0.25) is 0 Å². The van der Waals surface area contributed by atoms with Crippen molar-refractivity contribution in [2.45, 2.75) is 26.9 Å². The van der Waals surface area contributed by atoms with Crippen LogP contribution < -0.4 is 4.74 Å². The zero-order valence-corrected chi connectivity index (χ0v) is 13.3. The number of alkyl halides is 1. The van der Waals surface area contributed by atoms with Crippen molar-refractivity contribution < 1.29 is 19.4 Å². The van der Waals surface area contributed by atoms with Crippen LogP contribution in [-0.4, -0.2) is 23.5 Å². The van der Waals surface area contributed by atoms with E-state index in [1.54, 1.807) is 7.11 Å². The lowest BCUT2D eigenvalue weighted by molar-refractivity contribution is 0.0533. The molecule has 0 fully saturated rings. The summed E-state index contributed by atoms with van der Waals surface area (Å²) in [7, 11) is 1.57. The Morgan fingerprint density at radius 2 is 2.25 bits per heavy atom. The van der Waals surface area contributed by atoms with Gasteiger partial charge >= 0.3 is 5.97 Å². The molecule has 1 aliphatic rings. The van der Waals surface area contributed by atoms with Gasteiger partial charge in [0.15, 0.2) is 0 Å². The number of methoxy groups -OCH3 is 1. The molecule has 20 heavy (non-hydrogen) atoms. The van der Waals surface area contributed by atoms with Crippen molar-refractivity contribution in [1.82, 2.24) is 0 Å². The average molecular weight is 341 g/mol. The van der Waals surface area contributed by atoms with E-state index >= 15 is 0 Å². The number of benzene rings is 1. The lowest BCUT2D eigenvalue weighted by Crippen LogP contribution is -2.03. The van der Waals surface area contributed by atoms with Crippen molar-refractivity contribution in [3.8, 4) is 11.5 Å². The zero-order chi connectivity index (χ0) is 14.9. The third kappa shape index (κ3) is 2.42. The molecule has 0 aromatic heterocycles. The maximum absolute atomic E-state index is 11.7. The molecule has 0 amide bonds. The zero-order valence-electron chi connectivity index (χ0n) is 11.7. The van der Waals surface area contributed by atoms with Gasteiger partial charge < -0.3 is 14.6 Å². The lowest BCUT2D eigenvalue weighted by Gasteiger charge is -2.15. The van der Waals surface area contributed by atoms with E-state index in [-0.39, 0.29) is 17.9 Å². The number of allylic oxidation sites excluding steroid dienone is 2. The Morgan fingerprint density at radius 3 is 2.85 bits per heavy atom. The van der Waals surface area contributed by atoms with Crippen LogP contribution in [0.5, 0.6) is 11.5 Å². The summed E-state index contributed by atoms with van der Waals surface area (Å²) in [5.74, 6) is 0.132. The van der Waals surface area contributed by atoms with Crippen molar-refractivity contribution >= 4 is 21.9 Å². The molecule has 0 spiro atoms. The molecule has 0 atom stereocenters. The molecular formula is C15H17BrO4. The number of hydrogen-bond acceptors (Lipinski definition) is 4. The van der Waals surface area contributed by atoms with Gasteiger partial charge in [0, 0.05) is 16.5 Å². The van der Waals surface area contributed by atoms with Crippen molar-refractivity contribution in [1.29, 1.82) is 0 Å². The number of carbonyl (C=O) groups is 1. The minimum Gasteiger partial charge on any atom is -0.507 e. The smallest absolute Gasteiger partial charge is 0.342 e. The SMILES string of the molecule is COc1c(C)c2c(c(O)c1C/C=C(\C)CBr)C(=O)OC2. The molecule has 0 saturated heterocycles. The van der Waals surface area contributed by atoms with Gasteiger partial charge in [-0.15, -0.1) is 0 Å². The van der Waals surface area contributed by atoms with Crippen LogP contribution in [0, 0.1) is 6.92 Å². The molecule has 0 unspecified atom stereocenters. The molecule has 1 aromatic rings. The topological polar surface area (TPSA) is 55.8 Å². The van der Waals surface area contributed by atoms with E-state index in [2.05, 4.69) is 15.9 Å². The monoisotopic (exact) mass is 340 g/mol. The van der Waals surface area contributed by atoms with Crippen molar-refractivity contribution in [3.05, 3.63) is 33.9 Å². The van der Waals surface area contributed by atoms with E-state index in [1.807, 2.05) is 19.9 Å². The summed E-state index contributed by atoms with van der Waals surface area (Å²) in [4.78, 5) is 11.7. The largest absolute Gasteiger partial charge is 0.507 e. The normalized spacial score (nSPS) is 14.2. The van der Waals surface area contributed by atoms with Crippen LogP contribution in [0.15, 0.2) is 11.6 Å². The minimum absolute atomic E-state index is 0.0245. The first-order valence-electron chi connectivity index (χ1n) is 6.31. The number of phenolic OH excluding ortho intramolecular Hbond substituents is 1. The number of hydrogen-bond donors (Lipinski definition) is 1. The van der Waals surface area contributed by atoms with E-state index in [4.69, 9.17) is 9.47 Å². The quantitative estimate of drug-likeness (QED) is 0.519. The number of esters is 1. The van der Waals surface area contributed by atoms with Gasteiger partial charge in [0.05, 0.1) is 7.11 Å². The summed E-state index contributed by atoms with van der Waals surface area (Å²) < 4.78 is 10.4. The second-order valence-electron chi connectivity index (χ2n) is 4.80. The number of aromatic hydroxyl groups is 1. The Bertz CT molecular complexity index is 590. The fraction of sp³-hybridized carbons (Fsp3) is 0.400. The highest BCUT2D eigenvalue weighted by Crippen LogP contribution is 2.41. The molecule has 0 bridgehead atoms. The van der Waals surface area contributed by atoms with Crippen LogP contribution in [0.1, 0.15) is 34.0 Å². The van der Waals surface area contributed by atoms with Gasteiger partial charge in [-0.05, 0) is 25.8 Å². The number of cyclic esters (lactones) is 1. The molecule has 1 aliphatic heterocycles. The number of fused-ring (bicyclic) bond motifs is 1. The summed E-state index contributed by atoms with van der Waals surface area (Å²) >= 11 is 3.38. The summed E-state index contributed by atoms with van der Waals surface area (Å²) in [5.41, 5.74) is 3.62. The highest BCUT2D eigenvalue weighted by Gasteiger charge is 2.31. The molecule has 1 aromatic carbocycles. The van der Waals surface area contributed by atoms with E-state index in [9.17, 15) is 9.90 Å². The second kappa shape index (κ2) is 5.87. The van der Waals surface area contributed by atoms with E-state index in [0.717, 1.165) is 16.5 Å². The van der Waals surface area contributed by atoms with Gasteiger partial charge in [-0.25, -0.2) is 4.79 Å². The number of halogens is 1. The van der Waals surface area contributed by atoms with Crippen molar-refractivity contribution in [2.75, 3.05) is 12.4 Å². The fourth-order valence-corrected chi connectivity index (χ4v) is 2.59. The number of rotatable bonds is 4. The first-order chi connectivity index (χ1) is 9.51. The Hall–Kier alpha value is -1.49. The predicted molar refractivity (Wildman–Crippen MR) is 79.8 cm³/mol. The molecule has 0 saturated carbocycles. The molecule has 0 radical (unpaired) electrons. The highest BCUT2D eigenvalue weighted by atomic mass is 79.9. The summed E-state index contributed by atoms with van der Waals surface area (Å²) in [6, 6.07) is 0. The maximum Gasteiger partial charge on any atom is 0.342 e. The molecule has 0 aliphatic carbocycles. The van der Waals surface area contributed by atoms with Crippen molar-refractivity contribution in [3.63, 3.8) is 0 Å². The molecule has 2 rings (SSSR count). The number of carbonyl (C=O) groups excluding carboxylic acids is 1. The predicted octanol–water partition coefficient (Wildman–Crippen LogP) is 3.26. The highest BCUT2D eigenvalue weighted by molar-refractivity contribution is 9.09. The number of phenols is 1. The first-order valence-corrected chi connectivity index (χ1v) is 7.43. The molecule has 4 nitrogen and oxygen atoms in total. The van der Waals surface area contributed by atoms with Crippen LogP contribution in [-0.2, 0) is 17.8 Å². The molecule has 5 heteroatoms. The first kappa shape index (κ1) is 14.9. The maximum atomic E-state index is 11.7. The van der Waals surface area contributed by atoms with Gasteiger partial charge in [-0.1, -0.05) is 27.6 Å². The van der Waals surface area contributed by atoms with Crippen LogP contribution in [0.4, 0.5) is 0 Å². The number of ether oxygens (including phenoxy) is 2. The van der Waals surface area contributed by atoms with Crippen LogP contribution in [0.25, 0.3) is 0 Å². The average Bonchev–Trinajstić information content (AvgIpc) is 2.83. The van der Waals surface area contributed by atoms with Crippen LogP contribution in [0.3, 0.4) is 0 Å². The summed E-state index contributed by atoms with van der Waals surface area (Å²) in [5, 5.41) is 11.1. The Balaban J connectivity index is 2.58. The van der Waals surface area contributed by atoms with Gasteiger partial charge in [0.2, 0.25) is 0 Å². The van der Waals surface area contributed by atoms with E-state index in [1.165, 1.54) is 0 Å². The third-order valence-corrected chi connectivity index (χ3v) is 4.40. The Kier molecular flexibility index (Phi) is 4.38. The molecular weight excluding hydrogens is 324 g/mol.